The second kappa shape index (κ2) is 6.08. The van der Waals surface area contributed by atoms with Crippen LogP contribution in [0.3, 0.4) is 0 Å². The molecule has 5 heteroatoms. The van der Waals surface area contributed by atoms with E-state index in [-0.39, 0.29) is 23.6 Å². The molecule has 1 aromatic carbocycles. The van der Waals surface area contributed by atoms with Crippen LogP contribution in [0, 0.1) is 5.82 Å². The largest absolute Gasteiger partial charge is 0.492 e. The molecule has 0 fully saturated rings. The van der Waals surface area contributed by atoms with Crippen molar-refractivity contribution in [3.05, 3.63) is 23.5 Å². The Morgan fingerprint density at radius 2 is 2.12 bits per heavy atom. The molecular formula is C12H16FNO3. The van der Waals surface area contributed by atoms with E-state index in [9.17, 15) is 9.18 Å². The minimum Gasteiger partial charge on any atom is -0.492 e. The van der Waals surface area contributed by atoms with Gasteiger partial charge in [0.15, 0.2) is 0 Å². The molecule has 0 atom stereocenters. The zero-order valence-electron chi connectivity index (χ0n) is 9.96. The van der Waals surface area contributed by atoms with E-state index in [2.05, 4.69) is 0 Å². The number of esters is 1. The van der Waals surface area contributed by atoms with Gasteiger partial charge in [0.2, 0.25) is 0 Å². The summed E-state index contributed by atoms with van der Waals surface area (Å²) in [6, 6.07) is 2.54. The van der Waals surface area contributed by atoms with Gasteiger partial charge in [0.25, 0.3) is 0 Å². The second-order valence-corrected chi connectivity index (χ2v) is 3.40. The van der Waals surface area contributed by atoms with Crippen LogP contribution in [-0.4, -0.2) is 19.2 Å². The summed E-state index contributed by atoms with van der Waals surface area (Å²) in [5.74, 6) is -1.17. The van der Waals surface area contributed by atoms with Crippen LogP contribution >= 0.6 is 0 Å². The molecule has 0 amide bonds. The molecule has 0 heterocycles. The molecule has 1 rings (SSSR count). The summed E-state index contributed by atoms with van der Waals surface area (Å²) < 4.78 is 23.6. The van der Waals surface area contributed by atoms with Crippen LogP contribution in [0.5, 0.6) is 5.75 Å². The van der Waals surface area contributed by atoms with Gasteiger partial charge in [-0.2, -0.15) is 0 Å². The highest BCUT2D eigenvalue weighted by Gasteiger charge is 2.20. The first-order valence-corrected chi connectivity index (χ1v) is 5.49. The van der Waals surface area contributed by atoms with E-state index < -0.39 is 11.8 Å². The van der Waals surface area contributed by atoms with E-state index in [0.717, 1.165) is 6.07 Å². The fraction of sp³-hybridized carbons (Fsp3) is 0.417. The minimum atomic E-state index is -0.761. The van der Waals surface area contributed by atoms with Crippen molar-refractivity contribution in [1.29, 1.82) is 0 Å². The van der Waals surface area contributed by atoms with Gasteiger partial charge in [0.05, 0.1) is 18.9 Å². The highest BCUT2D eigenvalue weighted by Crippen LogP contribution is 2.28. The maximum absolute atomic E-state index is 13.5. The van der Waals surface area contributed by atoms with E-state index in [1.807, 2.05) is 6.92 Å². The van der Waals surface area contributed by atoms with Gasteiger partial charge in [0.1, 0.15) is 17.1 Å². The highest BCUT2D eigenvalue weighted by atomic mass is 19.1. The van der Waals surface area contributed by atoms with Gasteiger partial charge in [-0.15, -0.1) is 0 Å². The average molecular weight is 241 g/mol. The highest BCUT2D eigenvalue weighted by molar-refractivity contribution is 5.96. The predicted molar refractivity (Wildman–Crippen MR) is 62.6 cm³/mol. The van der Waals surface area contributed by atoms with Crippen LogP contribution in [0.15, 0.2) is 12.1 Å². The van der Waals surface area contributed by atoms with Crippen molar-refractivity contribution in [2.24, 2.45) is 0 Å². The summed E-state index contributed by atoms with van der Waals surface area (Å²) in [7, 11) is 0. The molecule has 0 radical (unpaired) electrons. The summed E-state index contributed by atoms with van der Waals surface area (Å²) in [5.41, 5.74) is 5.40. The summed E-state index contributed by atoms with van der Waals surface area (Å²) in [5, 5.41) is 0. The quantitative estimate of drug-likeness (QED) is 0.635. The van der Waals surface area contributed by atoms with Gasteiger partial charge in [-0.25, -0.2) is 9.18 Å². The molecule has 0 saturated heterocycles. The van der Waals surface area contributed by atoms with Crippen LogP contribution in [0.25, 0.3) is 0 Å². The first kappa shape index (κ1) is 13.3. The first-order valence-electron chi connectivity index (χ1n) is 5.49. The van der Waals surface area contributed by atoms with Gasteiger partial charge in [-0.1, -0.05) is 6.92 Å². The molecule has 4 nitrogen and oxygen atoms in total. The molecule has 0 aliphatic rings. The van der Waals surface area contributed by atoms with Crippen molar-refractivity contribution in [3.8, 4) is 5.75 Å². The molecule has 0 aliphatic heterocycles. The summed E-state index contributed by atoms with van der Waals surface area (Å²) in [6.07, 6.45) is 0.665. The van der Waals surface area contributed by atoms with E-state index in [1.165, 1.54) is 6.07 Å². The predicted octanol–water partition coefficient (Wildman–Crippen LogP) is 2.37. The molecule has 0 unspecified atom stereocenters. The summed E-state index contributed by atoms with van der Waals surface area (Å²) in [4.78, 5) is 11.6. The number of carbonyl (C=O) groups is 1. The third-order valence-corrected chi connectivity index (χ3v) is 2.10. The summed E-state index contributed by atoms with van der Waals surface area (Å²) in [6.45, 7) is 4.25. The molecule has 0 aliphatic carbocycles. The normalized spacial score (nSPS) is 10.1. The molecule has 94 valence electrons. The van der Waals surface area contributed by atoms with Crippen LogP contribution in [-0.2, 0) is 4.74 Å². The summed E-state index contributed by atoms with van der Waals surface area (Å²) >= 11 is 0. The number of benzene rings is 1. The Kier molecular flexibility index (Phi) is 4.75. The Hall–Kier alpha value is -1.78. The lowest BCUT2D eigenvalue weighted by Gasteiger charge is -2.11. The third-order valence-electron chi connectivity index (χ3n) is 2.10. The Morgan fingerprint density at radius 3 is 2.71 bits per heavy atom. The second-order valence-electron chi connectivity index (χ2n) is 3.40. The third kappa shape index (κ3) is 3.09. The fourth-order valence-corrected chi connectivity index (χ4v) is 1.33. The van der Waals surface area contributed by atoms with Crippen molar-refractivity contribution in [2.45, 2.75) is 20.3 Å². The molecule has 2 N–H and O–H groups in total. The number of carbonyl (C=O) groups excluding carboxylic acids is 1. The van der Waals surface area contributed by atoms with Gasteiger partial charge in [-0.3, -0.25) is 0 Å². The minimum absolute atomic E-state index is 0.0204. The van der Waals surface area contributed by atoms with Crippen molar-refractivity contribution >= 4 is 11.7 Å². The van der Waals surface area contributed by atoms with Crippen molar-refractivity contribution in [2.75, 3.05) is 18.9 Å². The number of ether oxygens (including phenoxy) is 2. The van der Waals surface area contributed by atoms with E-state index in [1.54, 1.807) is 6.92 Å². The lowest BCUT2D eigenvalue weighted by atomic mass is 10.1. The lowest BCUT2D eigenvalue weighted by Crippen LogP contribution is -2.12. The zero-order chi connectivity index (χ0) is 12.8. The molecule has 0 spiro atoms. The monoisotopic (exact) mass is 241 g/mol. The topological polar surface area (TPSA) is 61.5 Å². The van der Waals surface area contributed by atoms with Gasteiger partial charge in [-0.05, 0) is 25.5 Å². The van der Waals surface area contributed by atoms with Gasteiger partial charge < -0.3 is 15.2 Å². The first-order chi connectivity index (χ1) is 8.11. The van der Waals surface area contributed by atoms with Crippen molar-refractivity contribution in [3.63, 3.8) is 0 Å². The molecule has 0 bridgehead atoms. The number of hydrogen-bond donors (Lipinski definition) is 1. The Labute approximate surface area is 99.5 Å². The molecule has 1 aromatic rings. The van der Waals surface area contributed by atoms with Crippen LogP contribution in [0.4, 0.5) is 10.1 Å². The van der Waals surface area contributed by atoms with Gasteiger partial charge >= 0.3 is 5.97 Å². The Morgan fingerprint density at radius 1 is 1.41 bits per heavy atom. The molecule has 0 aromatic heterocycles. The maximum Gasteiger partial charge on any atom is 0.343 e. The fourth-order valence-electron chi connectivity index (χ4n) is 1.33. The number of rotatable bonds is 5. The number of hydrogen-bond acceptors (Lipinski definition) is 4. The zero-order valence-corrected chi connectivity index (χ0v) is 9.96. The molecular weight excluding hydrogens is 225 g/mol. The number of nitrogens with two attached hydrogens (primary N) is 1. The Balaban J connectivity index is 3.04. The number of halogens is 1. The van der Waals surface area contributed by atoms with Gasteiger partial charge in [0, 0.05) is 0 Å². The number of anilines is 1. The van der Waals surface area contributed by atoms with Crippen LogP contribution in [0.2, 0.25) is 0 Å². The van der Waals surface area contributed by atoms with E-state index in [0.29, 0.717) is 13.0 Å². The number of nitrogen functional groups attached to an aromatic ring is 1. The standard InChI is InChI=1S/C12H16FNO3/c1-3-7-17-12(15)10-8(13)5-6-9(11(10)14)16-4-2/h5-6H,3-4,7,14H2,1-2H3. The van der Waals surface area contributed by atoms with Crippen LogP contribution in [0.1, 0.15) is 30.6 Å². The van der Waals surface area contributed by atoms with Crippen LogP contribution < -0.4 is 10.5 Å². The smallest absolute Gasteiger partial charge is 0.343 e. The van der Waals surface area contributed by atoms with Crippen molar-refractivity contribution in [1.82, 2.24) is 0 Å². The van der Waals surface area contributed by atoms with Crippen molar-refractivity contribution < 1.29 is 18.7 Å². The van der Waals surface area contributed by atoms with E-state index in [4.69, 9.17) is 15.2 Å². The van der Waals surface area contributed by atoms with E-state index >= 15 is 0 Å². The maximum atomic E-state index is 13.5. The SMILES string of the molecule is CCCOC(=O)c1c(F)ccc(OCC)c1N. The average Bonchev–Trinajstić information content (AvgIpc) is 2.30. The Bertz CT molecular complexity index is 407. The molecule has 0 saturated carbocycles. The molecule has 17 heavy (non-hydrogen) atoms. The lowest BCUT2D eigenvalue weighted by molar-refractivity contribution is 0.0500.